The van der Waals surface area contributed by atoms with Crippen molar-refractivity contribution in [1.29, 1.82) is 0 Å². The largest absolute Gasteiger partial charge is 0.368 e. The Bertz CT molecular complexity index is 489. The van der Waals surface area contributed by atoms with Gasteiger partial charge in [0.25, 0.3) is 5.69 Å². The van der Waals surface area contributed by atoms with Gasteiger partial charge in [-0.05, 0) is 19.4 Å². The summed E-state index contributed by atoms with van der Waals surface area (Å²) in [5.41, 5.74) is 0.384. The molecule has 96 valence electrons. The maximum atomic E-state index is 11.0. The molecular weight excluding hydrogens is 236 g/mol. The molecule has 1 fully saturated rings. The van der Waals surface area contributed by atoms with Gasteiger partial charge in [-0.2, -0.15) is 0 Å². The van der Waals surface area contributed by atoms with Gasteiger partial charge in [0.1, 0.15) is 11.5 Å². The average Bonchev–Trinajstić information content (AvgIpc) is 2.72. The summed E-state index contributed by atoms with van der Waals surface area (Å²) in [5.74, 6) is 0.647. The topological polar surface area (TPSA) is 97.2 Å². The van der Waals surface area contributed by atoms with Crippen molar-refractivity contribution in [3.05, 3.63) is 27.9 Å². The number of anilines is 1. The van der Waals surface area contributed by atoms with Crippen molar-refractivity contribution in [1.82, 2.24) is 10.3 Å². The molecule has 7 nitrogen and oxygen atoms in total. The van der Waals surface area contributed by atoms with E-state index in [-0.39, 0.29) is 17.6 Å². The maximum Gasteiger partial charge on any atom is 0.290 e. The first-order valence-electron chi connectivity index (χ1n) is 5.71. The highest BCUT2D eigenvalue weighted by Gasteiger charge is 2.20. The molecule has 0 spiro atoms. The van der Waals surface area contributed by atoms with Crippen LogP contribution >= 0.6 is 0 Å². The van der Waals surface area contributed by atoms with Crippen molar-refractivity contribution in [3.8, 4) is 0 Å². The summed E-state index contributed by atoms with van der Waals surface area (Å²) in [6.07, 6.45) is 1.36. The van der Waals surface area contributed by atoms with E-state index in [0.717, 1.165) is 6.42 Å². The predicted molar refractivity (Wildman–Crippen MR) is 65.3 cm³/mol. The second-order valence-electron chi connectivity index (χ2n) is 4.24. The highest BCUT2D eigenvalue weighted by atomic mass is 16.6. The molecule has 1 unspecified atom stereocenters. The number of aryl methyl sites for hydroxylation is 1. The van der Waals surface area contributed by atoms with E-state index < -0.39 is 4.92 Å². The summed E-state index contributed by atoms with van der Waals surface area (Å²) in [6, 6.07) is 3.11. The van der Waals surface area contributed by atoms with Crippen LogP contribution in [0.5, 0.6) is 0 Å². The lowest BCUT2D eigenvalue weighted by Crippen LogP contribution is -2.32. The van der Waals surface area contributed by atoms with E-state index >= 15 is 0 Å². The first-order chi connectivity index (χ1) is 8.56. The zero-order valence-electron chi connectivity index (χ0n) is 9.97. The number of nitrogens with zero attached hydrogens (tertiary/aromatic N) is 2. The third kappa shape index (κ3) is 2.73. The lowest BCUT2D eigenvalue weighted by molar-refractivity contribution is -0.385. The van der Waals surface area contributed by atoms with E-state index in [4.69, 9.17) is 0 Å². The fraction of sp³-hybridized carbons (Fsp3) is 0.455. The van der Waals surface area contributed by atoms with Gasteiger partial charge in [-0.1, -0.05) is 0 Å². The molecule has 2 rings (SSSR count). The minimum atomic E-state index is -0.455. The summed E-state index contributed by atoms with van der Waals surface area (Å²) in [7, 11) is 0. The van der Waals surface area contributed by atoms with Gasteiger partial charge in [0.15, 0.2) is 0 Å². The highest BCUT2D eigenvalue weighted by molar-refractivity contribution is 5.78. The number of carbonyl (C=O) groups is 1. The molecule has 1 atom stereocenters. The number of pyridine rings is 1. The summed E-state index contributed by atoms with van der Waals surface area (Å²) in [6.45, 7) is 2.18. The summed E-state index contributed by atoms with van der Waals surface area (Å²) in [5, 5.41) is 16.5. The van der Waals surface area contributed by atoms with Gasteiger partial charge in [0.05, 0.1) is 4.92 Å². The van der Waals surface area contributed by atoms with Crippen LogP contribution in [0.1, 0.15) is 18.5 Å². The van der Waals surface area contributed by atoms with Crippen LogP contribution in [0, 0.1) is 17.0 Å². The average molecular weight is 250 g/mol. The van der Waals surface area contributed by atoms with Gasteiger partial charge in [0, 0.05) is 25.1 Å². The highest BCUT2D eigenvalue weighted by Crippen LogP contribution is 2.18. The third-order valence-corrected chi connectivity index (χ3v) is 2.87. The van der Waals surface area contributed by atoms with Gasteiger partial charge < -0.3 is 10.6 Å². The van der Waals surface area contributed by atoms with Crippen LogP contribution in [-0.4, -0.2) is 28.4 Å². The summed E-state index contributed by atoms with van der Waals surface area (Å²) >= 11 is 0. The van der Waals surface area contributed by atoms with Crippen molar-refractivity contribution >= 4 is 17.4 Å². The SMILES string of the molecule is Cc1nc(NCC2CCC(=O)N2)ccc1[N+](=O)[O-]. The Morgan fingerprint density at radius 1 is 1.61 bits per heavy atom. The van der Waals surface area contributed by atoms with Crippen molar-refractivity contribution in [2.24, 2.45) is 0 Å². The number of hydrogen-bond donors (Lipinski definition) is 2. The third-order valence-electron chi connectivity index (χ3n) is 2.87. The van der Waals surface area contributed by atoms with Crippen LogP contribution in [-0.2, 0) is 4.79 Å². The molecule has 2 heterocycles. The Morgan fingerprint density at radius 3 is 2.94 bits per heavy atom. The van der Waals surface area contributed by atoms with Crippen LogP contribution in [0.4, 0.5) is 11.5 Å². The van der Waals surface area contributed by atoms with E-state index in [2.05, 4.69) is 15.6 Å². The van der Waals surface area contributed by atoms with Crippen molar-refractivity contribution in [2.75, 3.05) is 11.9 Å². The van der Waals surface area contributed by atoms with E-state index in [9.17, 15) is 14.9 Å². The number of carbonyl (C=O) groups excluding carboxylic acids is 1. The minimum absolute atomic E-state index is 0.00900. The van der Waals surface area contributed by atoms with Gasteiger partial charge in [-0.3, -0.25) is 14.9 Å². The van der Waals surface area contributed by atoms with E-state index in [1.54, 1.807) is 13.0 Å². The van der Waals surface area contributed by atoms with Crippen LogP contribution in [0.25, 0.3) is 0 Å². The van der Waals surface area contributed by atoms with E-state index in [1.807, 2.05) is 0 Å². The fourth-order valence-electron chi connectivity index (χ4n) is 1.90. The Hall–Kier alpha value is -2.18. The van der Waals surface area contributed by atoms with E-state index in [1.165, 1.54) is 6.07 Å². The summed E-state index contributed by atoms with van der Waals surface area (Å²) in [4.78, 5) is 25.3. The minimum Gasteiger partial charge on any atom is -0.368 e. The molecule has 0 radical (unpaired) electrons. The normalized spacial score (nSPS) is 18.5. The first kappa shape index (κ1) is 12.3. The smallest absolute Gasteiger partial charge is 0.290 e. The number of rotatable bonds is 4. The number of nitro groups is 1. The zero-order chi connectivity index (χ0) is 13.1. The molecule has 0 aromatic carbocycles. The van der Waals surface area contributed by atoms with Crippen LogP contribution in [0.15, 0.2) is 12.1 Å². The molecule has 0 bridgehead atoms. The van der Waals surface area contributed by atoms with Gasteiger partial charge >= 0.3 is 0 Å². The van der Waals surface area contributed by atoms with Crippen molar-refractivity contribution < 1.29 is 9.72 Å². The predicted octanol–water partition coefficient (Wildman–Crippen LogP) is 0.989. The van der Waals surface area contributed by atoms with Gasteiger partial charge in [-0.25, -0.2) is 4.98 Å². The zero-order valence-corrected chi connectivity index (χ0v) is 9.97. The number of hydrogen-bond acceptors (Lipinski definition) is 5. The second-order valence-corrected chi connectivity index (χ2v) is 4.24. The monoisotopic (exact) mass is 250 g/mol. The fourth-order valence-corrected chi connectivity index (χ4v) is 1.90. The Morgan fingerprint density at radius 2 is 2.39 bits per heavy atom. The second kappa shape index (κ2) is 4.99. The molecule has 1 amide bonds. The molecule has 1 saturated heterocycles. The number of amides is 1. The van der Waals surface area contributed by atoms with Crippen molar-refractivity contribution in [2.45, 2.75) is 25.8 Å². The molecule has 18 heavy (non-hydrogen) atoms. The van der Waals surface area contributed by atoms with Crippen LogP contribution in [0.3, 0.4) is 0 Å². The number of nitrogens with one attached hydrogen (secondary N) is 2. The van der Waals surface area contributed by atoms with Crippen LogP contribution in [0.2, 0.25) is 0 Å². The standard InChI is InChI=1S/C11H14N4O3/c1-7-9(15(17)18)3-4-10(13-7)12-6-8-2-5-11(16)14-8/h3-4,8H,2,5-6H2,1H3,(H,12,13)(H,14,16). The molecule has 0 saturated carbocycles. The van der Waals surface area contributed by atoms with Gasteiger partial charge in [0.2, 0.25) is 5.91 Å². The molecule has 1 aromatic heterocycles. The van der Waals surface area contributed by atoms with Crippen LogP contribution < -0.4 is 10.6 Å². The van der Waals surface area contributed by atoms with Crippen molar-refractivity contribution in [3.63, 3.8) is 0 Å². The Kier molecular flexibility index (Phi) is 3.40. The molecule has 7 heteroatoms. The Labute approximate surface area is 104 Å². The first-order valence-corrected chi connectivity index (χ1v) is 5.71. The molecule has 0 aliphatic carbocycles. The number of aromatic nitrogens is 1. The maximum absolute atomic E-state index is 11.0. The molecular formula is C11H14N4O3. The molecule has 1 aliphatic heterocycles. The van der Waals surface area contributed by atoms with E-state index in [0.29, 0.717) is 24.5 Å². The quantitative estimate of drug-likeness (QED) is 0.613. The molecule has 1 aromatic rings. The summed E-state index contributed by atoms with van der Waals surface area (Å²) < 4.78 is 0. The lowest BCUT2D eigenvalue weighted by atomic mass is 10.2. The van der Waals surface area contributed by atoms with Gasteiger partial charge in [-0.15, -0.1) is 0 Å². The Balaban J connectivity index is 1.96. The lowest BCUT2D eigenvalue weighted by Gasteiger charge is -2.11. The molecule has 2 N–H and O–H groups in total. The molecule has 1 aliphatic rings.